The number of amides is 1. The van der Waals surface area contributed by atoms with Crippen molar-refractivity contribution < 1.29 is 19.4 Å². The van der Waals surface area contributed by atoms with E-state index in [0.29, 0.717) is 25.3 Å². The van der Waals surface area contributed by atoms with E-state index in [1.165, 1.54) is 6.20 Å². The van der Waals surface area contributed by atoms with E-state index < -0.39 is 6.10 Å². The molecule has 1 saturated heterocycles. The number of ether oxygens (including phenoxy) is 2. The van der Waals surface area contributed by atoms with Gasteiger partial charge >= 0.3 is 0 Å². The normalized spacial score (nSPS) is 20.4. The molecule has 0 spiro atoms. The first kappa shape index (κ1) is 17.2. The van der Waals surface area contributed by atoms with Gasteiger partial charge in [-0.3, -0.25) is 14.8 Å². The maximum absolute atomic E-state index is 12.1. The van der Waals surface area contributed by atoms with Crippen molar-refractivity contribution in [2.75, 3.05) is 27.3 Å². The number of nitrogens with zero attached hydrogens (tertiary/aromatic N) is 2. The van der Waals surface area contributed by atoms with E-state index in [9.17, 15) is 9.90 Å². The maximum Gasteiger partial charge on any atom is 0.269 e. The number of hydrogen-bond acceptors (Lipinski definition) is 6. The summed E-state index contributed by atoms with van der Waals surface area (Å²) in [6, 6.07) is 6.92. The fourth-order valence-corrected chi connectivity index (χ4v) is 2.99. The molecule has 1 aromatic heterocycles. The summed E-state index contributed by atoms with van der Waals surface area (Å²) in [4.78, 5) is 14.2. The van der Waals surface area contributed by atoms with Crippen molar-refractivity contribution in [3.63, 3.8) is 0 Å². The Balaban J connectivity index is 1.63. The van der Waals surface area contributed by atoms with E-state index >= 15 is 0 Å². The van der Waals surface area contributed by atoms with Crippen molar-refractivity contribution in [3.8, 4) is 11.5 Å². The molecule has 8 heteroatoms. The third kappa shape index (κ3) is 3.92. The quantitative estimate of drug-likeness (QED) is 0.700. The van der Waals surface area contributed by atoms with Crippen LogP contribution in [-0.4, -0.2) is 65.6 Å². The van der Waals surface area contributed by atoms with Crippen LogP contribution in [0.25, 0.3) is 0 Å². The third-order valence-corrected chi connectivity index (χ3v) is 4.31. The molecule has 3 rings (SSSR count). The Hall–Kier alpha value is -2.58. The average molecular weight is 346 g/mol. The molecule has 3 N–H and O–H groups in total. The van der Waals surface area contributed by atoms with Crippen LogP contribution in [0.4, 0.5) is 0 Å². The summed E-state index contributed by atoms with van der Waals surface area (Å²) in [5, 5.41) is 19.5. The number of methoxy groups -OCH3 is 2. The lowest BCUT2D eigenvalue weighted by Gasteiger charge is -2.18. The van der Waals surface area contributed by atoms with Crippen LogP contribution in [0.5, 0.6) is 11.5 Å². The SMILES string of the molecule is COc1ccc(CN2C[C@@H](O)[C@H](NC(=O)c3ccn[nH]3)C2)c(OC)c1. The van der Waals surface area contributed by atoms with Gasteiger partial charge in [0.15, 0.2) is 0 Å². The highest BCUT2D eigenvalue weighted by Crippen LogP contribution is 2.27. The lowest BCUT2D eigenvalue weighted by atomic mass is 10.2. The van der Waals surface area contributed by atoms with Crippen molar-refractivity contribution in [1.29, 1.82) is 0 Å². The van der Waals surface area contributed by atoms with Gasteiger partial charge in [0.05, 0.1) is 26.4 Å². The molecule has 0 aliphatic carbocycles. The van der Waals surface area contributed by atoms with Gasteiger partial charge in [0, 0.05) is 37.5 Å². The van der Waals surface area contributed by atoms with E-state index in [4.69, 9.17) is 9.47 Å². The Morgan fingerprint density at radius 2 is 2.20 bits per heavy atom. The van der Waals surface area contributed by atoms with Gasteiger partial charge in [-0.2, -0.15) is 5.10 Å². The zero-order chi connectivity index (χ0) is 17.8. The number of aliphatic hydroxyl groups excluding tert-OH is 1. The molecule has 0 bridgehead atoms. The van der Waals surface area contributed by atoms with Crippen LogP contribution in [0, 0.1) is 0 Å². The first-order chi connectivity index (χ1) is 12.1. The fraction of sp³-hybridized carbons (Fsp3) is 0.412. The summed E-state index contributed by atoms with van der Waals surface area (Å²) >= 11 is 0. The van der Waals surface area contributed by atoms with Gasteiger partial charge in [0.2, 0.25) is 0 Å². The van der Waals surface area contributed by atoms with Crippen molar-refractivity contribution in [2.45, 2.75) is 18.7 Å². The van der Waals surface area contributed by atoms with Gasteiger partial charge < -0.3 is 19.9 Å². The van der Waals surface area contributed by atoms with Gasteiger partial charge in [-0.25, -0.2) is 0 Å². The summed E-state index contributed by atoms with van der Waals surface area (Å²) in [7, 11) is 3.22. The van der Waals surface area contributed by atoms with Gasteiger partial charge in [0.1, 0.15) is 17.2 Å². The number of likely N-dealkylation sites (tertiary alicyclic amines) is 1. The zero-order valence-corrected chi connectivity index (χ0v) is 14.2. The highest BCUT2D eigenvalue weighted by molar-refractivity contribution is 5.92. The predicted molar refractivity (Wildman–Crippen MR) is 90.7 cm³/mol. The molecule has 1 aliphatic heterocycles. The predicted octanol–water partition coefficient (Wildman–Crippen LogP) is 0.402. The topological polar surface area (TPSA) is 99.7 Å². The minimum Gasteiger partial charge on any atom is -0.497 e. The molecule has 1 amide bonds. The summed E-state index contributed by atoms with van der Waals surface area (Å²) in [6.45, 7) is 1.64. The summed E-state index contributed by atoms with van der Waals surface area (Å²) in [6.07, 6.45) is 0.888. The summed E-state index contributed by atoms with van der Waals surface area (Å²) < 4.78 is 10.6. The molecule has 0 unspecified atom stereocenters. The molecule has 0 saturated carbocycles. The van der Waals surface area contributed by atoms with Crippen LogP contribution in [0.15, 0.2) is 30.5 Å². The third-order valence-electron chi connectivity index (χ3n) is 4.31. The molecular weight excluding hydrogens is 324 g/mol. The van der Waals surface area contributed by atoms with Crippen LogP contribution in [0.2, 0.25) is 0 Å². The first-order valence-corrected chi connectivity index (χ1v) is 8.02. The Morgan fingerprint density at radius 3 is 2.88 bits per heavy atom. The Morgan fingerprint density at radius 1 is 1.36 bits per heavy atom. The molecule has 0 radical (unpaired) electrons. The molecule has 2 heterocycles. The van der Waals surface area contributed by atoms with Gasteiger partial charge in [0.25, 0.3) is 5.91 Å². The number of benzene rings is 1. The van der Waals surface area contributed by atoms with Gasteiger partial charge in [-0.1, -0.05) is 6.07 Å². The number of aromatic amines is 1. The second-order valence-corrected chi connectivity index (χ2v) is 5.99. The lowest BCUT2D eigenvalue weighted by Crippen LogP contribution is -2.43. The van der Waals surface area contributed by atoms with Crippen molar-refractivity contribution >= 4 is 5.91 Å². The van der Waals surface area contributed by atoms with Crippen molar-refractivity contribution in [1.82, 2.24) is 20.4 Å². The maximum atomic E-state index is 12.1. The van der Waals surface area contributed by atoms with Crippen LogP contribution in [0.3, 0.4) is 0 Å². The minimum atomic E-state index is -0.629. The molecular formula is C17H22N4O4. The van der Waals surface area contributed by atoms with E-state index in [2.05, 4.69) is 20.4 Å². The average Bonchev–Trinajstić information content (AvgIpc) is 3.26. The molecule has 134 valence electrons. The van der Waals surface area contributed by atoms with E-state index in [1.54, 1.807) is 20.3 Å². The molecule has 25 heavy (non-hydrogen) atoms. The fourth-order valence-electron chi connectivity index (χ4n) is 2.99. The number of carbonyl (C=O) groups excluding carboxylic acids is 1. The van der Waals surface area contributed by atoms with Crippen LogP contribution in [-0.2, 0) is 6.54 Å². The number of nitrogens with one attached hydrogen (secondary N) is 2. The smallest absolute Gasteiger partial charge is 0.269 e. The van der Waals surface area contributed by atoms with Crippen molar-refractivity contribution in [3.05, 3.63) is 41.7 Å². The highest BCUT2D eigenvalue weighted by Gasteiger charge is 2.33. The van der Waals surface area contributed by atoms with Crippen LogP contribution >= 0.6 is 0 Å². The number of H-pyrrole nitrogens is 1. The number of rotatable bonds is 6. The number of β-amino-alcohol motifs (C(OH)–C–C–N with tert-alkyl or cyclic N) is 1. The molecule has 8 nitrogen and oxygen atoms in total. The number of aromatic nitrogens is 2. The Labute approximate surface area is 145 Å². The first-order valence-electron chi connectivity index (χ1n) is 8.02. The largest absolute Gasteiger partial charge is 0.497 e. The second-order valence-electron chi connectivity index (χ2n) is 5.99. The van der Waals surface area contributed by atoms with Crippen LogP contribution < -0.4 is 14.8 Å². The van der Waals surface area contributed by atoms with Gasteiger partial charge in [-0.15, -0.1) is 0 Å². The van der Waals surface area contributed by atoms with Gasteiger partial charge in [-0.05, 0) is 12.1 Å². The molecule has 1 aliphatic rings. The van der Waals surface area contributed by atoms with E-state index in [-0.39, 0.29) is 11.9 Å². The Kier molecular flexibility index (Phi) is 5.20. The minimum absolute atomic E-state index is 0.273. The highest BCUT2D eigenvalue weighted by atomic mass is 16.5. The number of carbonyl (C=O) groups is 1. The lowest BCUT2D eigenvalue weighted by molar-refractivity contribution is 0.0883. The standard InChI is InChI=1S/C17H22N4O4/c1-24-12-4-3-11(16(7-12)25-2)8-21-9-14(15(22)10-21)19-17(23)13-5-6-18-20-13/h3-7,14-15,22H,8-10H2,1-2H3,(H,18,20)(H,19,23)/t14-,15-/m1/s1. The van der Waals surface area contributed by atoms with Crippen LogP contribution in [0.1, 0.15) is 16.1 Å². The second kappa shape index (κ2) is 7.54. The summed E-state index contributed by atoms with van der Waals surface area (Å²) in [5.74, 6) is 1.19. The number of hydrogen-bond donors (Lipinski definition) is 3. The van der Waals surface area contributed by atoms with E-state index in [0.717, 1.165) is 17.1 Å². The molecule has 1 fully saturated rings. The number of aliphatic hydroxyl groups is 1. The molecule has 2 aromatic rings. The monoisotopic (exact) mass is 346 g/mol. The zero-order valence-electron chi connectivity index (χ0n) is 14.2. The Bertz CT molecular complexity index is 719. The summed E-state index contributed by atoms with van der Waals surface area (Å²) in [5.41, 5.74) is 1.37. The van der Waals surface area contributed by atoms with Crippen molar-refractivity contribution in [2.24, 2.45) is 0 Å². The van der Waals surface area contributed by atoms with E-state index in [1.807, 2.05) is 18.2 Å². The molecule has 2 atom stereocenters. The molecule has 1 aromatic carbocycles.